The summed E-state index contributed by atoms with van der Waals surface area (Å²) in [5.74, 6) is 0.158. The normalized spacial score (nSPS) is 14.9. The van der Waals surface area contributed by atoms with Crippen LogP contribution in [0, 0.1) is 20.8 Å². The van der Waals surface area contributed by atoms with Crippen LogP contribution in [0.3, 0.4) is 0 Å². The van der Waals surface area contributed by atoms with Crippen molar-refractivity contribution in [2.75, 3.05) is 31.5 Å². The number of carbonyl (C=O) groups is 1. The number of likely N-dealkylation sites (N-methyl/N-ethyl adjacent to an activating group) is 1. The molecule has 1 aliphatic rings. The Morgan fingerprint density at radius 1 is 0.893 bits per heavy atom. The molecule has 1 N–H and O–H groups in total. The number of anilines is 1. The third-order valence-electron chi connectivity index (χ3n) is 5.60. The van der Waals surface area contributed by atoms with E-state index < -0.39 is 0 Å². The molecule has 3 rings (SSSR count). The number of quaternary nitrogens is 1. The summed E-state index contributed by atoms with van der Waals surface area (Å²) in [6, 6.07) is 16.4. The molecule has 3 nitrogen and oxygen atoms in total. The van der Waals surface area contributed by atoms with E-state index in [0.717, 1.165) is 40.9 Å². The zero-order valence-corrected chi connectivity index (χ0v) is 20.8. The Balaban J connectivity index is 0.000000414. The minimum atomic E-state index is 0. The zero-order chi connectivity index (χ0) is 19.7. The van der Waals surface area contributed by atoms with Crippen LogP contribution >= 0.6 is 0 Å². The van der Waals surface area contributed by atoms with Gasteiger partial charge in [-0.2, -0.15) is 0 Å². The Morgan fingerprint density at radius 3 is 1.93 bits per heavy atom. The fourth-order valence-electron chi connectivity index (χ4n) is 3.80. The van der Waals surface area contributed by atoms with E-state index in [2.05, 4.69) is 31.3 Å². The standard InChI is InChI=1S/C17H26N2O.C7H8.Y/c1-4-19(11-6-5-7-12-19)13-16(20)18-17-14(2)9-8-10-15(17)3;1-7-5-3-2-4-6-7;/h8-10H,4-7,11-13H2,1-3H3;2-6H,1H3;/p+1. The maximum absolute atomic E-state index is 12.4. The molecule has 2 aromatic rings. The fourth-order valence-corrected chi connectivity index (χ4v) is 3.80. The van der Waals surface area contributed by atoms with Crippen molar-refractivity contribution in [2.24, 2.45) is 0 Å². The van der Waals surface area contributed by atoms with Crippen LogP contribution in [0.15, 0.2) is 48.5 Å². The molecular formula is C24H35N2OY+. The first-order valence-electron chi connectivity index (χ1n) is 10.2. The quantitative estimate of drug-likeness (QED) is 0.626. The van der Waals surface area contributed by atoms with Crippen LogP contribution in [0.5, 0.6) is 0 Å². The van der Waals surface area contributed by atoms with E-state index in [0.29, 0.717) is 6.54 Å². The monoisotopic (exact) mass is 456 g/mol. The second-order valence-corrected chi connectivity index (χ2v) is 7.79. The zero-order valence-electron chi connectivity index (χ0n) is 18.0. The number of aryl methyl sites for hydroxylation is 3. The second-order valence-electron chi connectivity index (χ2n) is 7.79. The van der Waals surface area contributed by atoms with E-state index in [1.165, 1.54) is 24.8 Å². The number of rotatable bonds is 4. The van der Waals surface area contributed by atoms with Gasteiger partial charge in [-0.15, -0.1) is 0 Å². The van der Waals surface area contributed by atoms with E-state index in [1.807, 2.05) is 50.2 Å². The van der Waals surface area contributed by atoms with Gasteiger partial charge in [-0.1, -0.05) is 54.1 Å². The Labute approximate surface area is 196 Å². The van der Waals surface area contributed by atoms with Crippen molar-refractivity contribution >= 4 is 11.6 Å². The molecule has 0 unspecified atom stereocenters. The number of hydrogen-bond donors (Lipinski definition) is 1. The molecule has 0 saturated carbocycles. The van der Waals surface area contributed by atoms with Gasteiger partial charge in [0.05, 0.1) is 19.6 Å². The summed E-state index contributed by atoms with van der Waals surface area (Å²) >= 11 is 0. The molecule has 1 radical (unpaired) electrons. The average molecular weight is 456 g/mol. The van der Waals surface area contributed by atoms with Gasteiger partial charge in [0.25, 0.3) is 5.91 Å². The molecule has 2 aromatic carbocycles. The van der Waals surface area contributed by atoms with E-state index in [4.69, 9.17) is 0 Å². The molecule has 4 heteroatoms. The molecule has 28 heavy (non-hydrogen) atoms. The minimum Gasteiger partial charge on any atom is -0.321 e. The van der Waals surface area contributed by atoms with Crippen LogP contribution in [0.2, 0.25) is 0 Å². The number of piperidine rings is 1. The van der Waals surface area contributed by atoms with E-state index in [9.17, 15) is 4.79 Å². The molecule has 0 aromatic heterocycles. The Hall–Kier alpha value is -1.03. The number of nitrogens with zero attached hydrogens (tertiary/aromatic N) is 1. The molecule has 0 atom stereocenters. The van der Waals surface area contributed by atoms with Gasteiger partial charge in [-0.25, -0.2) is 0 Å². The number of nitrogens with one attached hydrogen (secondary N) is 1. The van der Waals surface area contributed by atoms with Crippen molar-refractivity contribution in [3.05, 3.63) is 65.2 Å². The van der Waals surface area contributed by atoms with Crippen LogP contribution < -0.4 is 5.32 Å². The number of amides is 1. The van der Waals surface area contributed by atoms with Crippen molar-refractivity contribution in [1.82, 2.24) is 0 Å². The van der Waals surface area contributed by atoms with Crippen molar-refractivity contribution in [3.8, 4) is 0 Å². The molecule has 149 valence electrons. The van der Waals surface area contributed by atoms with Gasteiger partial charge in [0.1, 0.15) is 0 Å². The van der Waals surface area contributed by atoms with Crippen LogP contribution in [0.4, 0.5) is 5.69 Å². The smallest absolute Gasteiger partial charge is 0.279 e. The molecule has 0 aliphatic carbocycles. The van der Waals surface area contributed by atoms with Crippen molar-refractivity contribution in [3.63, 3.8) is 0 Å². The van der Waals surface area contributed by atoms with E-state index in [1.54, 1.807) is 0 Å². The third-order valence-corrected chi connectivity index (χ3v) is 5.60. The average Bonchev–Trinajstić information content (AvgIpc) is 2.67. The molecular weight excluding hydrogens is 421 g/mol. The Kier molecular flexibility index (Phi) is 11.2. The van der Waals surface area contributed by atoms with Gasteiger partial charge < -0.3 is 9.80 Å². The summed E-state index contributed by atoms with van der Waals surface area (Å²) in [6.07, 6.45) is 3.83. The largest absolute Gasteiger partial charge is 0.321 e. The summed E-state index contributed by atoms with van der Waals surface area (Å²) in [6.45, 7) is 12.4. The Bertz CT molecular complexity index is 704. The number of carbonyl (C=O) groups excluding carboxylic acids is 1. The van der Waals surface area contributed by atoms with Gasteiger partial charge in [0, 0.05) is 38.4 Å². The van der Waals surface area contributed by atoms with Crippen molar-refractivity contribution in [1.29, 1.82) is 0 Å². The first-order valence-corrected chi connectivity index (χ1v) is 10.2. The van der Waals surface area contributed by atoms with Gasteiger partial charge in [-0.3, -0.25) is 4.79 Å². The molecule has 0 bridgehead atoms. The number of benzene rings is 2. The first-order chi connectivity index (χ1) is 13.0. The molecule has 1 saturated heterocycles. The second kappa shape index (κ2) is 12.5. The predicted molar refractivity (Wildman–Crippen MR) is 115 cm³/mol. The summed E-state index contributed by atoms with van der Waals surface area (Å²) in [7, 11) is 0. The first kappa shape index (κ1) is 25.0. The molecule has 1 amide bonds. The maximum atomic E-state index is 12.4. The topological polar surface area (TPSA) is 29.1 Å². The maximum Gasteiger partial charge on any atom is 0.279 e. The van der Waals surface area contributed by atoms with E-state index >= 15 is 0 Å². The van der Waals surface area contributed by atoms with Crippen LogP contribution in [-0.4, -0.2) is 36.6 Å². The minimum absolute atomic E-state index is 0. The number of para-hydroxylation sites is 1. The van der Waals surface area contributed by atoms with Gasteiger partial charge >= 0.3 is 0 Å². The molecule has 1 aliphatic heterocycles. The van der Waals surface area contributed by atoms with Crippen molar-refractivity contribution in [2.45, 2.75) is 47.0 Å². The van der Waals surface area contributed by atoms with Crippen LogP contribution in [0.25, 0.3) is 0 Å². The fraction of sp³-hybridized carbons (Fsp3) is 0.458. The summed E-state index contributed by atoms with van der Waals surface area (Å²) in [4.78, 5) is 12.4. The molecule has 1 heterocycles. The third kappa shape index (κ3) is 7.77. The number of likely N-dealkylation sites (tertiary alicyclic amines) is 1. The van der Waals surface area contributed by atoms with Gasteiger partial charge in [0.2, 0.25) is 0 Å². The number of hydrogen-bond acceptors (Lipinski definition) is 1. The van der Waals surface area contributed by atoms with E-state index in [-0.39, 0.29) is 38.6 Å². The summed E-state index contributed by atoms with van der Waals surface area (Å²) < 4.78 is 0.955. The molecule has 0 spiro atoms. The van der Waals surface area contributed by atoms with Crippen molar-refractivity contribution < 1.29 is 42.0 Å². The molecule has 1 fully saturated rings. The van der Waals surface area contributed by atoms with Crippen LogP contribution in [0.1, 0.15) is 42.9 Å². The summed E-state index contributed by atoms with van der Waals surface area (Å²) in [5.41, 5.74) is 4.59. The van der Waals surface area contributed by atoms with Gasteiger partial charge in [0.15, 0.2) is 6.54 Å². The van der Waals surface area contributed by atoms with Crippen LogP contribution in [-0.2, 0) is 37.5 Å². The SMILES string of the molecule is CC[N+]1(CC(=O)Nc2c(C)cccc2C)CCCCC1.Cc1ccccc1.[Y]. The summed E-state index contributed by atoms with van der Waals surface area (Å²) in [5, 5.41) is 3.13. The van der Waals surface area contributed by atoms with Gasteiger partial charge in [-0.05, 0) is 58.1 Å². The predicted octanol–water partition coefficient (Wildman–Crippen LogP) is 5.26. The Morgan fingerprint density at radius 2 is 1.46 bits per heavy atom.